The first-order valence-electron chi connectivity index (χ1n) is 5.03. The van der Waals surface area contributed by atoms with Crippen molar-refractivity contribution >= 4 is 12.6 Å². The van der Waals surface area contributed by atoms with Crippen LogP contribution in [0, 0.1) is 5.92 Å². The molecule has 12 heavy (non-hydrogen) atoms. The van der Waals surface area contributed by atoms with E-state index in [4.69, 9.17) is 0 Å². The molecule has 0 aromatic heterocycles. The fourth-order valence-electron chi connectivity index (χ4n) is 1.28. The highest BCUT2D eigenvalue weighted by Crippen LogP contribution is 2.06. The Morgan fingerprint density at radius 2 is 2.00 bits per heavy atom. The third-order valence-corrected chi connectivity index (χ3v) is 2.82. The highest BCUT2D eigenvalue weighted by Gasteiger charge is 2.06. The van der Waals surface area contributed by atoms with Gasteiger partial charge in [0.2, 0.25) is 0 Å². The third-order valence-electron chi connectivity index (χ3n) is 2.30. The molecule has 0 aromatic rings. The van der Waals surface area contributed by atoms with Gasteiger partial charge in [0.05, 0.1) is 0 Å². The molecule has 1 nitrogen and oxygen atoms in total. The normalized spacial score (nSPS) is 13.8. The van der Waals surface area contributed by atoms with Crippen LogP contribution in [0.25, 0.3) is 0 Å². The fourth-order valence-corrected chi connectivity index (χ4v) is 1.65. The molecule has 0 heterocycles. The molecule has 0 aliphatic heterocycles. The Morgan fingerprint density at radius 1 is 1.33 bits per heavy atom. The minimum absolute atomic E-state index is 0.773. The van der Waals surface area contributed by atoms with Crippen LogP contribution in [-0.4, -0.2) is 30.8 Å². The Balaban J connectivity index is 3.44. The Labute approximate surface area is 82.9 Å². The first-order valence-corrected chi connectivity index (χ1v) is 5.67. The Morgan fingerprint density at radius 3 is 2.42 bits per heavy atom. The van der Waals surface area contributed by atoms with Gasteiger partial charge in [-0.3, -0.25) is 0 Å². The van der Waals surface area contributed by atoms with Crippen molar-refractivity contribution in [3.63, 3.8) is 0 Å². The summed E-state index contributed by atoms with van der Waals surface area (Å²) < 4.78 is 0. The van der Waals surface area contributed by atoms with Crippen molar-refractivity contribution in [2.45, 2.75) is 33.1 Å². The fraction of sp³-hybridized carbons (Fsp3) is 1.00. The highest BCUT2D eigenvalue weighted by atomic mass is 32.1. The third kappa shape index (κ3) is 5.90. The van der Waals surface area contributed by atoms with Crippen LogP contribution < -0.4 is 0 Å². The zero-order valence-corrected chi connectivity index (χ0v) is 9.61. The average molecular weight is 189 g/mol. The van der Waals surface area contributed by atoms with Gasteiger partial charge in [0, 0.05) is 6.54 Å². The second-order valence-electron chi connectivity index (χ2n) is 3.57. The van der Waals surface area contributed by atoms with Crippen LogP contribution in [0.15, 0.2) is 0 Å². The van der Waals surface area contributed by atoms with E-state index >= 15 is 0 Å². The van der Waals surface area contributed by atoms with Crippen LogP contribution in [-0.2, 0) is 0 Å². The molecular weight excluding hydrogens is 166 g/mol. The Bertz CT molecular complexity index is 91.8. The molecule has 0 bridgehead atoms. The van der Waals surface area contributed by atoms with Gasteiger partial charge in [-0.05, 0) is 31.7 Å². The maximum atomic E-state index is 4.33. The number of rotatable bonds is 7. The van der Waals surface area contributed by atoms with E-state index in [0.29, 0.717) is 0 Å². The van der Waals surface area contributed by atoms with Gasteiger partial charge < -0.3 is 4.90 Å². The Hall–Kier alpha value is 0.310. The van der Waals surface area contributed by atoms with Gasteiger partial charge in [0.15, 0.2) is 0 Å². The smallest absolute Gasteiger partial charge is 0.00143 e. The van der Waals surface area contributed by atoms with Crippen molar-refractivity contribution in [2.75, 3.05) is 25.9 Å². The lowest BCUT2D eigenvalue weighted by atomic mass is 10.1. The monoisotopic (exact) mass is 189 g/mol. The van der Waals surface area contributed by atoms with Crippen LogP contribution in [0.5, 0.6) is 0 Å². The summed E-state index contributed by atoms with van der Waals surface area (Å²) in [7, 11) is 2.21. The van der Waals surface area contributed by atoms with Gasteiger partial charge in [-0.1, -0.05) is 26.7 Å². The lowest BCUT2D eigenvalue weighted by molar-refractivity contribution is 0.281. The van der Waals surface area contributed by atoms with Gasteiger partial charge in [0.1, 0.15) is 0 Å². The van der Waals surface area contributed by atoms with E-state index < -0.39 is 0 Å². The number of unbranched alkanes of at least 4 members (excludes halogenated alkanes) is 1. The molecule has 1 atom stereocenters. The molecule has 0 rings (SSSR count). The number of hydrogen-bond acceptors (Lipinski definition) is 2. The van der Waals surface area contributed by atoms with E-state index in [2.05, 4.69) is 38.4 Å². The molecule has 0 N–H and O–H groups in total. The molecular formula is C10H23NS. The van der Waals surface area contributed by atoms with Crippen molar-refractivity contribution in [3.8, 4) is 0 Å². The second-order valence-corrected chi connectivity index (χ2v) is 3.94. The molecule has 0 aliphatic rings. The molecule has 1 unspecified atom stereocenters. The zero-order valence-electron chi connectivity index (χ0n) is 8.71. The largest absolute Gasteiger partial charge is 0.306 e. The first-order chi connectivity index (χ1) is 5.74. The zero-order chi connectivity index (χ0) is 9.40. The topological polar surface area (TPSA) is 3.24 Å². The van der Waals surface area contributed by atoms with E-state index in [1.54, 1.807) is 0 Å². The molecule has 0 spiro atoms. The van der Waals surface area contributed by atoms with Crippen molar-refractivity contribution in [3.05, 3.63) is 0 Å². The van der Waals surface area contributed by atoms with Gasteiger partial charge in [0.25, 0.3) is 0 Å². The molecule has 0 aliphatic carbocycles. The standard InChI is InChI=1S/C10H23NS/c1-4-6-7-11(3)8-10(5-2)9-12/h10,12H,4-9H2,1-3H3. The summed E-state index contributed by atoms with van der Waals surface area (Å²) in [6.07, 6.45) is 3.86. The van der Waals surface area contributed by atoms with E-state index in [1.807, 2.05) is 0 Å². The second kappa shape index (κ2) is 7.93. The summed E-state index contributed by atoms with van der Waals surface area (Å²) in [6.45, 7) is 6.93. The lowest BCUT2D eigenvalue weighted by Crippen LogP contribution is -2.27. The summed E-state index contributed by atoms with van der Waals surface area (Å²) >= 11 is 4.33. The summed E-state index contributed by atoms with van der Waals surface area (Å²) in [4.78, 5) is 2.42. The molecule has 0 radical (unpaired) electrons. The number of hydrogen-bond donors (Lipinski definition) is 1. The number of nitrogens with zero attached hydrogens (tertiary/aromatic N) is 1. The highest BCUT2D eigenvalue weighted by molar-refractivity contribution is 7.80. The minimum Gasteiger partial charge on any atom is -0.306 e. The van der Waals surface area contributed by atoms with Crippen molar-refractivity contribution in [1.82, 2.24) is 4.90 Å². The summed E-state index contributed by atoms with van der Waals surface area (Å²) in [5.41, 5.74) is 0. The molecule has 0 aromatic carbocycles. The summed E-state index contributed by atoms with van der Waals surface area (Å²) in [5, 5.41) is 0. The van der Waals surface area contributed by atoms with Crippen LogP contribution in [0.4, 0.5) is 0 Å². The maximum Gasteiger partial charge on any atom is 0.00143 e. The lowest BCUT2D eigenvalue weighted by Gasteiger charge is -2.21. The minimum atomic E-state index is 0.773. The van der Waals surface area contributed by atoms with Gasteiger partial charge >= 0.3 is 0 Å². The number of thiol groups is 1. The van der Waals surface area contributed by atoms with Crippen LogP contribution in [0.3, 0.4) is 0 Å². The van der Waals surface area contributed by atoms with Gasteiger partial charge in [-0.15, -0.1) is 0 Å². The van der Waals surface area contributed by atoms with Gasteiger partial charge in [-0.25, -0.2) is 0 Å². The van der Waals surface area contributed by atoms with Crippen molar-refractivity contribution < 1.29 is 0 Å². The van der Waals surface area contributed by atoms with Crippen LogP contribution in [0.1, 0.15) is 33.1 Å². The van der Waals surface area contributed by atoms with Crippen LogP contribution >= 0.6 is 12.6 Å². The van der Waals surface area contributed by atoms with Gasteiger partial charge in [-0.2, -0.15) is 12.6 Å². The molecule has 2 heteroatoms. The van der Waals surface area contributed by atoms with Crippen molar-refractivity contribution in [2.24, 2.45) is 5.92 Å². The maximum absolute atomic E-state index is 4.33. The Kier molecular flexibility index (Phi) is 8.14. The molecule has 0 saturated heterocycles. The molecule has 0 saturated carbocycles. The molecule has 0 amide bonds. The van der Waals surface area contributed by atoms with Crippen LogP contribution in [0.2, 0.25) is 0 Å². The predicted octanol–water partition coefficient (Wildman–Crippen LogP) is 2.67. The molecule has 0 fully saturated rings. The average Bonchev–Trinajstić information content (AvgIpc) is 2.10. The quantitative estimate of drug-likeness (QED) is 0.603. The van der Waals surface area contributed by atoms with E-state index in [-0.39, 0.29) is 0 Å². The molecule has 74 valence electrons. The van der Waals surface area contributed by atoms with E-state index in [0.717, 1.165) is 11.7 Å². The predicted molar refractivity (Wildman–Crippen MR) is 60.0 cm³/mol. The van der Waals surface area contributed by atoms with E-state index in [1.165, 1.54) is 32.4 Å². The SMILES string of the molecule is CCCCN(C)CC(CC)CS. The van der Waals surface area contributed by atoms with E-state index in [9.17, 15) is 0 Å². The summed E-state index contributed by atoms with van der Waals surface area (Å²) in [6, 6.07) is 0. The summed E-state index contributed by atoms with van der Waals surface area (Å²) in [5.74, 6) is 1.79. The first kappa shape index (κ1) is 12.3. The van der Waals surface area contributed by atoms with Crippen molar-refractivity contribution in [1.29, 1.82) is 0 Å².